The molecule has 0 fully saturated rings. The highest BCUT2D eigenvalue weighted by molar-refractivity contribution is 7.23. The summed E-state index contributed by atoms with van der Waals surface area (Å²) in [6, 6.07) is 13.0. The van der Waals surface area contributed by atoms with Crippen molar-refractivity contribution >= 4 is 33.2 Å². The van der Waals surface area contributed by atoms with Gasteiger partial charge >= 0.3 is 0 Å². The molecule has 4 aromatic rings. The lowest BCUT2D eigenvalue weighted by molar-refractivity contribution is 0.483. The van der Waals surface area contributed by atoms with Gasteiger partial charge in [-0.05, 0) is 11.6 Å². The van der Waals surface area contributed by atoms with Crippen molar-refractivity contribution < 1.29 is 5.11 Å². The fourth-order valence-electron chi connectivity index (χ4n) is 2.76. The van der Waals surface area contributed by atoms with Gasteiger partial charge in [0.25, 0.3) is 5.56 Å². The molecule has 0 atom stereocenters. The second-order valence-electron chi connectivity index (χ2n) is 5.24. The lowest BCUT2D eigenvalue weighted by atomic mass is 10.0. The summed E-state index contributed by atoms with van der Waals surface area (Å²) in [6.07, 6.45) is 3.16. The highest BCUT2D eigenvalue weighted by Crippen LogP contribution is 2.46. The summed E-state index contributed by atoms with van der Waals surface area (Å²) in [6.45, 7) is 0. The maximum absolute atomic E-state index is 12.4. The number of nitrogens with one attached hydrogen (secondary N) is 1. The van der Waals surface area contributed by atoms with Gasteiger partial charge in [-0.25, -0.2) is 0 Å². The van der Waals surface area contributed by atoms with Gasteiger partial charge in [-0.15, -0.1) is 11.3 Å². The molecule has 0 saturated carbocycles. The highest BCUT2D eigenvalue weighted by Gasteiger charge is 2.21. The van der Waals surface area contributed by atoms with Crippen molar-refractivity contribution in [2.45, 2.75) is 0 Å². The van der Waals surface area contributed by atoms with E-state index in [1.54, 1.807) is 24.5 Å². The fourth-order valence-corrected chi connectivity index (χ4v) is 4.14. The fraction of sp³-hybridized carbons (Fsp3) is 0. The summed E-state index contributed by atoms with van der Waals surface area (Å²) in [4.78, 5) is 19.8. The molecule has 0 aliphatic carbocycles. The zero-order valence-electron chi connectivity index (χ0n) is 12.3. The zero-order valence-corrected chi connectivity index (χ0v) is 13.9. The molecule has 0 aliphatic rings. The van der Waals surface area contributed by atoms with E-state index in [0.29, 0.717) is 20.1 Å². The Labute approximate surface area is 146 Å². The molecular weight excluding hydrogens is 344 g/mol. The first kappa shape index (κ1) is 14.9. The molecule has 4 nitrogen and oxygen atoms in total. The van der Waals surface area contributed by atoms with Crippen molar-refractivity contribution in [2.24, 2.45) is 0 Å². The van der Waals surface area contributed by atoms with Gasteiger partial charge < -0.3 is 10.1 Å². The van der Waals surface area contributed by atoms with Crippen LogP contribution >= 0.6 is 22.9 Å². The van der Waals surface area contributed by atoms with Crippen molar-refractivity contribution in [1.82, 2.24) is 9.97 Å². The van der Waals surface area contributed by atoms with Crippen LogP contribution in [0.4, 0.5) is 0 Å². The topological polar surface area (TPSA) is 66.0 Å². The molecule has 6 heteroatoms. The summed E-state index contributed by atoms with van der Waals surface area (Å²) < 4.78 is 0.519. The first-order chi connectivity index (χ1) is 11.7. The zero-order chi connectivity index (χ0) is 16.7. The van der Waals surface area contributed by atoms with E-state index in [0.717, 1.165) is 11.1 Å². The number of aromatic amines is 1. The van der Waals surface area contributed by atoms with Gasteiger partial charge in [-0.3, -0.25) is 9.78 Å². The number of hydrogen-bond acceptors (Lipinski definition) is 4. The van der Waals surface area contributed by atoms with Gasteiger partial charge in [-0.1, -0.05) is 48.0 Å². The van der Waals surface area contributed by atoms with Crippen LogP contribution in [0, 0.1) is 0 Å². The number of aromatic nitrogens is 2. The first-order valence-corrected chi connectivity index (χ1v) is 8.39. The normalized spacial score (nSPS) is 11.0. The van der Waals surface area contributed by atoms with Crippen LogP contribution in [-0.4, -0.2) is 15.1 Å². The van der Waals surface area contributed by atoms with Crippen LogP contribution in [-0.2, 0) is 0 Å². The van der Waals surface area contributed by atoms with Gasteiger partial charge in [0.05, 0.1) is 10.9 Å². The maximum atomic E-state index is 12.4. The largest absolute Gasteiger partial charge is 0.506 e. The number of thiophene rings is 1. The van der Waals surface area contributed by atoms with Gasteiger partial charge in [0.2, 0.25) is 0 Å². The standard InChI is InChI=1S/C18H11ClN2O2S/c19-16-12(10-5-2-1-3-6-10)14-15(22)13(11-7-4-8-20-9-11)17(23)21-18(14)24-16/h1-9H,(H2,21,22,23). The molecule has 0 radical (unpaired) electrons. The van der Waals surface area contributed by atoms with Crippen molar-refractivity contribution in [3.63, 3.8) is 0 Å². The van der Waals surface area contributed by atoms with Crippen molar-refractivity contribution in [1.29, 1.82) is 0 Å². The number of fused-ring (bicyclic) bond motifs is 1. The van der Waals surface area contributed by atoms with Gasteiger partial charge in [0.1, 0.15) is 14.9 Å². The molecule has 0 saturated heterocycles. The van der Waals surface area contributed by atoms with Gasteiger partial charge in [0.15, 0.2) is 0 Å². The van der Waals surface area contributed by atoms with E-state index in [9.17, 15) is 9.90 Å². The van der Waals surface area contributed by atoms with Gasteiger partial charge in [-0.2, -0.15) is 0 Å². The number of hydrogen-bond donors (Lipinski definition) is 2. The Bertz CT molecular complexity index is 1090. The summed E-state index contributed by atoms with van der Waals surface area (Å²) in [5.41, 5.74) is 1.98. The van der Waals surface area contributed by atoms with Gasteiger partial charge in [0, 0.05) is 23.5 Å². The lowest BCUT2D eigenvalue weighted by Crippen LogP contribution is -2.08. The monoisotopic (exact) mass is 354 g/mol. The molecule has 0 aliphatic heterocycles. The number of rotatable bonds is 2. The third-order valence-electron chi connectivity index (χ3n) is 3.81. The number of pyridine rings is 2. The SMILES string of the molecule is O=c1[nH]c2sc(Cl)c(-c3ccccc3)c2c(O)c1-c1cccnc1. The highest BCUT2D eigenvalue weighted by atomic mass is 35.5. The number of nitrogens with zero attached hydrogens (tertiary/aromatic N) is 1. The minimum Gasteiger partial charge on any atom is -0.506 e. The second-order valence-corrected chi connectivity index (χ2v) is 6.86. The third-order valence-corrected chi connectivity index (χ3v) is 5.12. The molecule has 3 heterocycles. The predicted octanol–water partition coefficient (Wildman–Crippen LogP) is 4.68. The molecule has 2 N–H and O–H groups in total. The molecule has 4 rings (SSSR count). The Hall–Kier alpha value is -2.63. The van der Waals surface area contributed by atoms with Crippen LogP contribution in [0.15, 0.2) is 59.7 Å². The van der Waals surface area contributed by atoms with Crippen LogP contribution in [0.2, 0.25) is 4.34 Å². The van der Waals surface area contributed by atoms with E-state index in [1.807, 2.05) is 30.3 Å². The van der Waals surface area contributed by atoms with Crippen molar-refractivity contribution in [3.8, 4) is 28.0 Å². The summed E-state index contributed by atoms with van der Waals surface area (Å²) in [5.74, 6) is -0.0799. The van der Waals surface area contributed by atoms with E-state index in [4.69, 9.17) is 11.6 Å². The van der Waals surface area contributed by atoms with Crippen LogP contribution in [0.3, 0.4) is 0 Å². The average molecular weight is 355 g/mol. The molecule has 0 unspecified atom stereocenters. The van der Waals surface area contributed by atoms with Crippen LogP contribution in [0.1, 0.15) is 0 Å². The smallest absolute Gasteiger partial charge is 0.260 e. The maximum Gasteiger partial charge on any atom is 0.260 e. The minimum atomic E-state index is -0.370. The molecular formula is C18H11ClN2O2S. The first-order valence-electron chi connectivity index (χ1n) is 7.20. The van der Waals surface area contributed by atoms with Crippen LogP contribution < -0.4 is 5.56 Å². The summed E-state index contributed by atoms with van der Waals surface area (Å²) in [7, 11) is 0. The second kappa shape index (κ2) is 5.78. The molecule has 118 valence electrons. The Morgan fingerprint density at radius 3 is 2.50 bits per heavy atom. The quantitative estimate of drug-likeness (QED) is 0.549. The predicted molar refractivity (Wildman–Crippen MR) is 97.8 cm³/mol. The van der Waals surface area contributed by atoms with E-state index < -0.39 is 0 Å². The minimum absolute atomic E-state index is 0.0799. The molecule has 0 amide bonds. The molecule has 1 aromatic carbocycles. The van der Waals surface area contributed by atoms with E-state index >= 15 is 0 Å². The van der Waals surface area contributed by atoms with E-state index in [2.05, 4.69) is 9.97 Å². The van der Waals surface area contributed by atoms with Crippen LogP contribution in [0.5, 0.6) is 5.75 Å². The molecule has 0 spiro atoms. The lowest BCUT2D eigenvalue weighted by Gasteiger charge is -2.07. The third kappa shape index (κ3) is 2.29. The average Bonchev–Trinajstić information content (AvgIpc) is 2.92. The van der Waals surface area contributed by atoms with E-state index in [-0.39, 0.29) is 16.9 Å². The molecule has 3 aromatic heterocycles. The Morgan fingerprint density at radius 2 is 1.79 bits per heavy atom. The van der Waals surface area contributed by atoms with Crippen molar-refractivity contribution in [3.05, 3.63) is 69.5 Å². The number of halogens is 1. The van der Waals surface area contributed by atoms with E-state index in [1.165, 1.54) is 11.3 Å². The Balaban J connectivity index is 2.10. The van der Waals surface area contributed by atoms with Crippen molar-refractivity contribution in [2.75, 3.05) is 0 Å². The number of aromatic hydroxyl groups is 1. The number of benzene rings is 1. The summed E-state index contributed by atoms with van der Waals surface area (Å²) in [5, 5.41) is 11.4. The summed E-state index contributed by atoms with van der Waals surface area (Å²) >= 11 is 7.64. The Morgan fingerprint density at radius 1 is 1.04 bits per heavy atom. The molecule has 24 heavy (non-hydrogen) atoms. The van der Waals surface area contributed by atoms with Crippen LogP contribution in [0.25, 0.3) is 32.5 Å². The molecule has 0 bridgehead atoms. The number of H-pyrrole nitrogens is 1. The Kier molecular flexibility index (Phi) is 3.59.